The highest BCUT2D eigenvalue weighted by Crippen LogP contribution is 2.25. The monoisotopic (exact) mass is 200 g/mol. The van der Waals surface area contributed by atoms with Crippen molar-refractivity contribution in [3.05, 3.63) is 28.8 Å². The molecular weight excluding hydrogens is 195 g/mol. The van der Waals surface area contributed by atoms with E-state index in [1.165, 1.54) is 6.07 Å². The Morgan fingerprint density at radius 2 is 2.17 bits per heavy atom. The lowest BCUT2D eigenvalue weighted by Gasteiger charge is -1.97. The number of phenols is 1. The molecule has 1 rings (SSSR count). The smallest absolute Gasteiger partial charge is 0.135 e. The molecule has 0 bridgehead atoms. The van der Waals surface area contributed by atoms with Crippen LogP contribution in [0.4, 0.5) is 0 Å². The largest absolute Gasteiger partial charge is 0.506 e. The fraction of sp³-hybridized carbons (Fsp3) is 0.111. The first-order valence-electron chi connectivity index (χ1n) is 3.28. The summed E-state index contributed by atoms with van der Waals surface area (Å²) in [4.78, 5) is 0. The molecule has 0 spiro atoms. The van der Waals surface area contributed by atoms with Crippen LogP contribution in [0.5, 0.6) is 5.75 Å². The molecule has 0 aliphatic heterocycles. The number of hydrogen-bond acceptors (Lipinski definition) is 1. The standard InChI is InChI=1S/C9H6Cl2O/c10-6-2-4-7-3-1-5-8(12)9(7)11/h1,3,5,12H,6H2. The van der Waals surface area contributed by atoms with Crippen LogP contribution >= 0.6 is 23.2 Å². The van der Waals surface area contributed by atoms with Crippen LogP contribution in [0.25, 0.3) is 0 Å². The maximum atomic E-state index is 9.17. The highest BCUT2D eigenvalue weighted by molar-refractivity contribution is 6.33. The fourth-order valence-corrected chi connectivity index (χ4v) is 0.985. The van der Waals surface area contributed by atoms with E-state index in [9.17, 15) is 0 Å². The van der Waals surface area contributed by atoms with Gasteiger partial charge in [-0.05, 0) is 12.1 Å². The lowest BCUT2D eigenvalue weighted by molar-refractivity contribution is 0.475. The second kappa shape index (κ2) is 4.25. The second-order valence-corrected chi connectivity index (χ2v) is 2.72. The normalized spacial score (nSPS) is 8.83. The van der Waals surface area contributed by atoms with E-state index in [1.54, 1.807) is 12.1 Å². The van der Waals surface area contributed by atoms with Gasteiger partial charge in [0.2, 0.25) is 0 Å². The molecule has 0 atom stereocenters. The highest BCUT2D eigenvalue weighted by atomic mass is 35.5. The first-order valence-corrected chi connectivity index (χ1v) is 4.19. The van der Waals surface area contributed by atoms with Gasteiger partial charge in [-0.25, -0.2) is 0 Å². The lowest BCUT2D eigenvalue weighted by Crippen LogP contribution is -1.77. The first kappa shape index (κ1) is 9.25. The van der Waals surface area contributed by atoms with Crippen LogP contribution in [0.3, 0.4) is 0 Å². The zero-order chi connectivity index (χ0) is 8.97. The van der Waals surface area contributed by atoms with Crippen LogP contribution in [0.15, 0.2) is 18.2 Å². The van der Waals surface area contributed by atoms with Crippen molar-refractivity contribution < 1.29 is 5.11 Å². The third kappa shape index (κ3) is 2.07. The Balaban J connectivity index is 3.08. The van der Waals surface area contributed by atoms with Gasteiger partial charge in [0.25, 0.3) is 0 Å². The SMILES string of the molecule is Oc1cccc(C#CCCl)c1Cl. The average Bonchev–Trinajstić information content (AvgIpc) is 2.08. The van der Waals surface area contributed by atoms with Gasteiger partial charge < -0.3 is 5.11 Å². The molecule has 0 radical (unpaired) electrons. The number of hydrogen-bond donors (Lipinski definition) is 1. The van der Waals surface area contributed by atoms with Crippen LogP contribution in [-0.4, -0.2) is 11.0 Å². The van der Waals surface area contributed by atoms with Gasteiger partial charge >= 0.3 is 0 Å². The van der Waals surface area contributed by atoms with Gasteiger partial charge in [-0.15, -0.1) is 11.6 Å². The Morgan fingerprint density at radius 1 is 1.42 bits per heavy atom. The van der Waals surface area contributed by atoms with Crippen LogP contribution in [0, 0.1) is 11.8 Å². The van der Waals surface area contributed by atoms with Crippen LogP contribution in [0.2, 0.25) is 5.02 Å². The third-order valence-electron chi connectivity index (χ3n) is 1.27. The summed E-state index contributed by atoms with van der Waals surface area (Å²) in [5, 5.41) is 9.44. The van der Waals surface area contributed by atoms with E-state index in [4.69, 9.17) is 28.3 Å². The molecule has 0 aliphatic rings. The summed E-state index contributed by atoms with van der Waals surface area (Å²) in [6, 6.07) is 4.91. The molecule has 0 aliphatic carbocycles. The van der Waals surface area contributed by atoms with E-state index in [0.717, 1.165) is 0 Å². The van der Waals surface area contributed by atoms with Crippen molar-refractivity contribution in [1.82, 2.24) is 0 Å². The number of halogens is 2. The van der Waals surface area contributed by atoms with Gasteiger partial charge in [0.15, 0.2) is 0 Å². The van der Waals surface area contributed by atoms with Crippen molar-refractivity contribution in [2.75, 3.05) is 5.88 Å². The Hall–Kier alpha value is -0.840. The molecule has 1 aromatic rings. The van der Waals surface area contributed by atoms with Gasteiger partial charge in [-0.3, -0.25) is 0 Å². The van der Waals surface area contributed by atoms with E-state index in [0.29, 0.717) is 5.56 Å². The van der Waals surface area contributed by atoms with Gasteiger partial charge in [-0.1, -0.05) is 29.5 Å². The Bertz CT molecular complexity index is 336. The molecule has 3 heteroatoms. The van der Waals surface area contributed by atoms with Gasteiger partial charge in [0.1, 0.15) is 5.75 Å². The number of alkyl halides is 1. The number of phenolic OH excluding ortho intramolecular Hbond substituents is 1. The molecule has 0 saturated heterocycles. The lowest BCUT2D eigenvalue weighted by atomic mass is 10.2. The average molecular weight is 201 g/mol. The summed E-state index contributed by atoms with van der Waals surface area (Å²) in [5.41, 5.74) is 0.595. The maximum absolute atomic E-state index is 9.17. The molecule has 1 nitrogen and oxygen atoms in total. The van der Waals surface area contributed by atoms with Gasteiger partial charge in [0.05, 0.1) is 10.9 Å². The van der Waals surface area contributed by atoms with E-state index >= 15 is 0 Å². The molecule has 1 aromatic carbocycles. The van der Waals surface area contributed by atoms with Crippen LogP contribution in [-0.2, 0) is 0 Å². The molecule has 62 valence electrons. The fourth-order valence-electron chi connectivity index (χ4n) is 0.745. The van der Waals surface area contributed by atoms with Gasteiger partial charge in [-0.2, -0.15) is 0 Å². The van der Waals surface area contributed by atoms with Crippen molar-refractivity contribution in [3.63, 3.8) is 0 Å². The summed E-state index contributed by atoms with van der Waals surface area (Å²) < 4.78 is 0. The highest BCUT2D eigenvalue weighted by Gasteiger charge is 2.00. The van der Waals surface area contributed by atoms with Crippen molar-refractivity contribution >= 4 is 23.2 Å². The van der Waals surface area contributed by atoms with Crippen LogP contribution < -0.4 is 0 Å². The Labute approximate surface area is 80.9 Å². The quantitative estimate of drug-likeness (QED) is 0.505. The van der Waals surface area contributed by atoms with Crippen molar-refractivity contribution in [2.45, 2.75) is 0 Å². The van der Waals surface area contributed by atoms with E-state index in [1.807, 2.05) is 0 Å². The predicted octanol–water partition coefficient (Wildman–Crippen LogP) is 2.64. The van der Waals surface area contributed by atoms with Crippen LogP contribution in [0.1, 0.15) is 5.56 Å². The first-order chi connectivity index (χ1) is 5.75. The summed E-state index contributed by atoms with van der Waals surface area (Å²) in [6.45, 7) is 0. The predicted molar refractivity (Wildman–Crippen MR) is 50.7 cm³/mol. The Morgan fingerprint density at radius 3 is 2.83 bits per heavy atom. The van der Waals surface area contributed by atoms with Gasteiger partial charge in [0, 0.05) is 5.56 Å². The molecule has 12 heavy (non-hydrogen) atoms. The molecular formula is C9H6Cl2O. The molecule has 1 N–H and O–H groups in total. The molecule has 0 saturated carbocycles. The molecule has 0 heterocycles. The summed E-state index contributed by atoms with van der Waals surface area (Å²) in [6.07, 6.45) is 0. The number of rotatable bonds is 0. The second-order valence-electron chi connectivity index (χ2n) is 2.07. The van der Waals surface area contributed by atoms with Crippen molar-refractivity contribution in [1.29, 1.82) is 0 Å². The molecule has 0 fully saturated rings. The Kier molecular flexibility index (Phi) is 3.28. The molecule has 0 aromatic heterocycles. The summed E-state index contributed by atoms with van der Waals surface area (Å²) in [7, 11) is 0. The minimum absolute atomic E-state index is 0.0399. The minimum atomic E-state index is 0.0399. The molecule has 0 unspecified atom stereocenters. The summed E-state index contributed by atoms with van der Waals surface area (Å²) in [5.74, 6) is 5.68. The third-order valence-corrected chi connectivity index (χ3v) is 1.80. The van der Waals surface area contributed by atoms with E-state index in [2.05, 4.69) is 11.8 Å². The number of benzene rings is 1. The maximum Gasteiger partial charge on any atom is 0.135 e. The minimum Gasteiger partial charge on any atom is -0.506 e. The van der Waals surface area contributed by atoms with E-state index < -0.39 is 0 Å². The van der Waals surface area contributed by atoms with Crippen molar-refractivity contribution in [2.24, 2.45) is 0 Å². The van der Waals surface area contributed by atoms with E-state index in [-0.39, 0.29) is 16.7 Å². The zero-order valence-electron chi connectivity index (χ0n) is 6.14. The zero-order valence-corrected chi connectivity index (χ0v) is 7.65. The molecule has 0 amide bonds. The summed E-state index contributed by atoms with van der Waals surface area (Å²) >= 11 is 11.1. The van der Waals surface area contributed by atoms with Crippen molar-refractivity contribution in [3.8, 4) is 17.6 Å². The number of aromatic hydroxyl groups is 1. The topological polar surface area (TPSA) is 20.2 Å².